The summed E-state index contributed by atoms with van der Waals surface area (Å²) in [4.78, 5) is 0. The van der Waals surface area contributed by atoms with Gasteiger partial charge >= 0.3 is 0 Å². The lowest BCUT2D eigenvalue weighted by molar-refractivity contribution is 0.126. The van der Waals surface area contributed by atoms with Crippen LogP contribution in [0.1, 0.15) is 42.0 Å². The lowest BCUT2D eigenvalue weighted by Gasteiger charge is -2.28. The zero-order chi connectivity index (χ0) is 28.6. The van der Waals surface area contributed by atoms with Crippen molar-refractivity contribution in [2.24, 2.45) is 0 Å². The third kappa shape index (κ3) is 4.11. The number of benzene rings is 4. The molecule has 0 aromatic heterocycles. The SMILES string of the molecule is C=CCCC(=C\C=C(/C=C)C1(O)c2ccccc2-c2ccccc21)/C=C(\C)C1(O)c2ccccc2-c2ccccc21. The van der Waals surface area contributed by atoms with Crippen molar-refractivity contribution in [3.8, 4) is 22.3 Å². The number of fused-ring (bicyclic) bond motifs is 6. The largest absolute Gasteiger partial charge is 0.376 e. The van der Waals surface area contributed by atoms with E-state index in [9.17, 15) is 10.2 Å². The Morgan fingerprint density at radius 3 is 1.46 bits per heavy atom. The van der Waals surface area contributed by atoms with Crippen LogP contribution in [0.25, 0.3) is 22.3 Å². The van der Waals surface area contributed by atoms with Gasteiger partial charge in [0.1, 0.15) is 11.2 Å². The van der Waals surface area contributed by atoms with Gasteiger partial charge in [0.25, 0.3) is 0 Å². The Labute approximate surface area is 242 Å². The zero-order valence-corrected chi connectivity index (χ0v) is 23.3. The van der Waals surface area contributed by atoms with Gasteiger partial charge in [-0.3, -0.25) is 0 Å². The third-order valence-electron chi connectivity index (χ3n) is 8.57. The number of rotatable bonds is 8. The summed E-state index contributed by atoms with van der Waals surface area (Å²) in [5.74, 6) is 0. The van der Waals surface area contributed by atoms with Crippen LogP contribution in [0.3, 0.4) is 0 Å². The van der Waals surface area contributed by atoms with E-state index >= 15 is 0 Å². The quantitative estimate of drug-likeness (QED) is 0.175. The molecule has 0 radical (unpaired) electrons. The minimum absolute atomic E-state index is 0.701. The monoisotopic (exact) mass is 534 g/mol. The van der Waals surface area contributed by atoms with Crippen LogP contribution in [0.2, 0.25) is 0 Å². The highest BCUT2D eigenvalue weighted by Crippen LogP contribution is 2.52. The second-order valence-electron chi connectivity index (χ2n) is 10.8. The van der Waals surface area contributed by atoms with Crippen molar-refractivity contribution in [1.82, 2.24) is 0 Å². The topological polar surface area (TPSA) is 40.5 Å². The average molecular weight is 535 g/mol. The van der Waals surface area contributed by atoms with Crippen molar-refractivity contribution in [3.63, 3.8) is 0 Å². The van der Waals surface area contributed by atoms with Gasteiger partial charge in [-0.2, -0.15) is 0 Å². The summed E-state index contributed by atoms with van der Waals surface area (Å²) < 4.78 is 0. The summed E-state index contributed by atoms with van der Waals surface area (Å²) in [7, 11) is 0. The second-order valence-corrected chi connectivity index (χ2v) is 10.8. The molecule has 0 unspecified atom stereocenters. The van der Waals surface area contributed by atoms with Crippen LogP contribution in [0.4, 0.5) is 0 Å². The minimum atomic E-state index is -1.31. The van der Waals surface area contributed by atoms with Gasteiger partial charge in [0.15, 0.2) is 0 Å². The molecule has 4 aromatic carbocycles. The molecule has 0 bridgehead atoms. The number of aliphatic hydroxyl groups is 2. The average Bonchev–Trinajstić information content (AvgIpc) is 3.44. The Kier molecular flexibility index (Phi) is 6.83. The van der Waals surface area contributed by atoms with E-state index in [-0.39, 0.29) is 0 Å². The Morgan fingerprint density at radius 1 is 0.634 bits per heavy atom. The Balaban J connectivity index is 1.46. The summed E-state index contributed by atoms with van der Waals surface area (Å²) >= 11 is 0. The summed E-state index contributed by atoms with van der Waals surface area (Å²) in [6.07, 6.45) is 11.3. The molecule has 0 saturated carbocycles. The molecule has 0 saturated heterocycles. The fraction of sp³-hybridized carbons (Fsp3) is 0.128. The molecule has 202 valence electrons. The van der Waals surface area contributed by atoms with Gasteiger partial charge in [-0.05, 0) is 58.7 Å². The molecule has 0 aliphatic heterocycles. The molecule has 0 fully saturated rings. The number of hydrogen-bond acceptors (Lipinski definition) is 2. The van der Waals surface area contributed by atoms with E-state index in [1.165, 1.54) is 0 Å². The Morgan fingerprint density at radius 2 is 1.05 bits per heavy atom. The van der Waals surface area contributed by atoms with Gasteiger partial charge in [-0.15, -0.1) is 6.58 Å². The van der Waals surface area contributed by atoms with Gasteiger partial charge in [0, 0.05) is 22.3 Å². The molecule has 41 heavy (non-hydrogen) atoms. The number of hydrogen-bond donors (Lipinski definition) is 2. The first-order chi connectivity index (χ1) is 19.9. The maximum atomic E-state index is 12.3. The predicted molar refractivity (Wildman–Crippen MR) is 169 cm³/mol. The highest BCUT2D eigenvalue weighted by molar-refractivity contribution is 5.83. The van der Waals surface area contributed by atoms with Crippen LogP contribution in [-0.2, 0) is 11.2 Å². The molecule has 0 atom stereocenters. The smallest absolute Gasteiger partial charge is 0.141 e. The lowest BCUT2D eigenvalue weighted by atomic mass is 9.82. The molecule has 0 amide bonds. The van der Waals surface area contributed by atoms with Crippen LogP contribution in [0.5, 0.6) is 0 Å². The summed E-state index contributed by atoms with van der Waals surface area (Å²) in [5, 5.41) is 24.6. The van der Waals surface area contributed by atoms with E-state index in [0.717, 1.165) is 68.5 Å². The number of allylic oxidation sites excluding steroid dienone is 5. The van der Waals surface area contributed by atoms with Crippen LogP contribution in [0.15, 0.2) is 157 Å². The van der Waals surface area contributed by atoms with Gasteiger partial charge in [0.2, 0.25) is 0 Å². The zero-order valence-electron chi connectivity index (χ0n) is 23.3. The molecule has 6 rings (SSSR count). The first-order valence-electron chi connectivity index (χ1n) is 14.1. The van der Waals surface area contributed by atoms with E-state index in [1.807, 2.05) is 97.9 Å². The van der Waals surface area contributed by atoms with E-state index in [4.69, 9.17) is 0 Å². The maximum absolute atomic E-state index is 12.3. The van der Waals surface area contributed by atoms with Crippen molar-refractivity contribution in [1.29, 1.82) is 0 Å². The second kappa shape index (κ2) is 10.5. The molecule has 2 nitrogen and oxygen atoms in total. The third-order valence-corrected chi connectivity index (χ3v) is 8.57. The molecule has 0 heterocycles. The van der Waals surface area contributed by atoms with Crippen molar-refractivity contribution in [2.75, 3.05) is 0 Å². The fourth-order valence-electron chi connectivity index (χ4n) is 6.55. The molecule has 2 N–H and O–H groups in total. The normalized spacial score (nSPS) is 16.4. The van der Waals surface area contributed by atoms with Gasteiger partial charge in [-0.25, -0.2) is 0 Å². The van der Waals surface area contributed by atoms with Crippen LogP contribution < -0.4 is 0 Å². The molecule has 0 spiro atoms. The highest BCUT2D eigenvalue weighted by atomic mass is 16.3. The first-order valence-corrected chi connectivity index (χ1v) is 14.1. The van der Waals surface area contributed by atoms with Crippen molar-refractivity contribution >= 4 is 0 Å². The maximum Gasteiger partial charge on any atom is 0.141 e. The predicted octanol–water partition coefficient (Wildman–Crippen LogP) is 8.77. The van der Waals surface area contributed by atoms with E-state index in [2.05, 4.69) is 43.5 Å². The Bertz CT molecular complexity index is 1670. The molecular weight excluding hydrogens is 500 g/mol. The van der Waals surface area contributed by atoms with Crippen molar-refractivity contribution in [2.45, 2.75) is 31.0 Å². The first kappa shape index (κ1) is 26.7. The molecule has 2 aliphatic rings. The van der Waals surface area contributed by atoms with Gasteiger partial charge < -0.3 is 10.2 Å². The molecular formula is C39H34O2. The fourth-order valence-corrected chi connectivity index (χ4v) is 6.55. The van der Waals surface area contributed by atoms with Crippen LogP contribution in [0, 0.1) is 0 Å². The van der Waals surface area contributed by atoms with E-state index < -0.39 is 11.2 Å². The molecule has 2 heteroatoms. The lowest BCUT2D eigenvalue weighted by Crippen LogP contribution is -2.26. The van der Waals surface area contributed by atoms with Crippen molar-refractivity contribution in [3.05, 3.63) is 180 Å². The van der Waals surface area contributed by atoms with Crippen molar-refractivity contribution < 1.29 is 10.2 Å². The standard InChI is InChI=1S/C39H34O2/c1-4-6-15-28(26-27(3)38(40)34-20-11-7-16-30(34)31-17-8-12-21-35(31)38)24-25-29(5-2)39(41)36-22-13-9-18-32(36)33-19-10-14-23-37(33)39/h4-5,7-14,16-26,40-41H,1-2,6,15H2,3H3/b27-26+,28-24+,29-25+. The van der Waals surface area contributed by atoms with Gasteiger partial charge in [0.05, 0.1) is 0 Å². The summed E-state index contributed by atoms with van der Waals surface area (Å²) in [6, 6.07) is 32.2. The summed E-state index contributed by atoms with van der Waals surface area (Å²) in [6.45, 7) is 10.0. The Hall–Kier alpha value is -4.50. The van der Waals surface area contributed by atoms with Gasteiger partial charge in [-0.1, -0.05) is 134 Å². The van der Waals surface area contributed by atoms with E-state index in [0.29, 0.717) is 5.57 Å². The van der Waals surface area contributed by atoms with Crippen LogP contribution in [-0.4, -0.2) is 10.2 Å². The van der Waals surface area contributed by atoms with Crippen LogP contribution >= 0.6 is 0 Å². The highest BCUT2D eigenvalue weighted by Gasteiger charge is 2.44. The van der Waals surface area contributed by atoms with E-state index in [1.54, 1.807) is 6.08 Å². The molecule has 4 aromatic rings. The summed E-state index contributed by atoms with van der Waals surface area (Å²) in [5.41, 5.74) is 7.72. The minimum Gasteiger partial charge on any atom is -0.376 e. The molecule has 2 aliphatic carbocycles.